The third kappa shape index (κ3) is 5.21. The number of benzene rings is 3. The first-order valence-electron chi connectivity index (χ1n) is 9.97. The maximum Gasteiger partial charge on any atom is 0.282 e. The van der Waals surface area contributed by atoms with Gasteiger partial charge in [0.1, 0.15) is 0 Å². The molecule has 2 atom stereocenters. The lowest BCUT2D eigenvalue weighted by Crippen LogP contribution is -3.14. The van der Waals surface area contributed by atoms with Gasteiger partial charge >= 0.3 is 0 Å². The van der Waals surface area contributed by atoms with Gasteiger partial charge < -0.3 is 15.5 Å². The number of fused-ring (bicyclic) bond motifs is 1. The van der Waals surface area contributed by atoms with E-state index in [1.807, 2.05) is 80.7 Å². The quantitative estimate of drug-likeness (QED) is 0.581. The topological polar surface area (TPSA) is 62.6 Å². The van der Waals surface area contributed by atoms with Gasteiger partial charge in [-0.3, -0.25) is 9.59 Å². The molecule has 0 fully saturated rings. The van der Waals surface area contributed by atoms with Crippen molar-refractivity contribution in [2.24, 2.45) is 0 Å². The summed E-state index contributed by atoms with van der Waals surface area (Å²) in [6, 6.07) is 21.2. The standard InChI is InChI=1S/C24H27N3O2/c1-4-18-12-14-20(15-13-18)25-24(29)17(2)27(3)16-23(28)26-22-11-7-9-19-8-5-6-10-21(19)22/h5-15,17H,4,16H2,1-3H3,(H,25,29)(H,26,28)/p+1/t17-/m1/s1. The zero-order chi connectivity index (χ0) is 20.8. The molecule has 0 bridgehead atoms. The molecule has 1 unspecified atom stereocenters. The Hall–Kier alpha value is -3.18. The van der Waals surface area contributed by atoms with Crippen LogP contribution in [0.4, 0.5) is 11.4 Å². The van der Waals surface area contributed by atoms with Gasteiger partial charge in [0.15, 0.2) is 12.6 Å². The van der Waals surface area contributed by atoms with E-state index in [2.05, 4.69) is 17.6 Å². The summed E-state index contributed by atoms with van der Waals surface area (Å²) >= 11 is 0. The van der Waals surface area contributed by atoms with Gasteiger partial charge in [-0.25, -0.2) is 0 Å². The molecule has 0 radical (unpaired) electrons. The Bertz CT molecular complexity index is 993. The predicted molar refractivity (Wildman–Crippen MR) is 118 cm³/mol. The van der Waals surface area contributed by atoms with Crippen LogP contribution in [-0.2, 0) is 16.0 Å². The SMILES string of the molecule is CCc1ccc(NC(=O)[C@@H](C)[NH+](C)CC(=O)Nc2cccc3ccccc23)cc1. The van der Waals surface area contributed by atoms with Gasteiger partial charge in [-0.05, 0) is 42.5 Å². The number of carbonyl (C=O) groups is 2. The van der Waals surface area contributed by atoms with E-state index in [1.54, 1.807) is 0 Å². The molecule has 5 heteroatoms. The molecule has 5 nitrogen and oxygen atoms in total. The second-order valence-corrected chi connectivity index (χ2v) is 7.36. The van der Waals surface area contributed by atoms with Crippen LogP contribution in [0, 0.1) is 0 Å². The number of anilines is 2. The zero-order valence-electron chi connectivity index (χ0n) is 17.2. The fourth-order valence-corrected chi connectivity index (χ4v) is 3.23. The van der Waals surface area contributed by atoms with E-state index in [1.165, 1.54) is 5.56 Å². The number of aryl methyl sites for hydroxylation is 1. The number of hydrogen-bond acceptors (Lipinski definition) is 2. The predicted octanol–water partition coefficient (Wildman–Crippen LogP) is 2.88. The highest BCUT2D eigenvalue weighted by Crippen LogP contribution is 2.22. The van der Waals surface area contributed by atoms with E-state index in [9.17, 15) is 9.59 Å². The van der Waals surface area contributed by atoms with E-state index in [0.717, 1.165) is 33.5 Å². The largest absolute Gasteiger partial charge is 0.321 e. The van der Waals surface area contributed by atoms with Crippen molar-refractivity contribution in [1.82, 2.24) is 0 Å². The summed E-state index contributed by atoms with van der Waals surface area (Å²) in [6.45, 7) is 4.13. The molecule has 0 saturated heterocycles. The van der Waals surface area contributed by atoms with Crippen molar-refractivity contribution in [3.63, 3.8) is 0 Å². The van der Waals surface area contributed by atoms with E-state index in [-0.39, 0.29) is 24.4 Å². The molecule has 0 saturated carbocycles. The van der Waals surface area contributed by atoms with E-state index >= 15 is 0 Å². The summed E-state index contributed by atoms with van der Waals surface area (Å²) in [5.74, 6) is -0.226. The molecule has 0 aromatic heterocycles. The van der Waals surface area contributed by atoms with Crippen molar-refractivity contribution < 1.29 is 14.5 Å². The number of likely N-dealkylation sites (N-methyl/N-ethyl adjacent to an activating group) is 1. The summed E-state index contributed by atoms with van der Waals surface area (Å²) in [4.78, 5) is 25.9. The van der Waals surface area contributed by atoms with Crippen molar-refractivity contribution in [3.8, 4) is 0 Å². The molecular weight excluding hydrogens is 362 g/mol. The van der Waals surface area contributed by atoms with Crippen molar-refractivity contribution >= 4 is 34.0 Å². The minimum absolute atomic E-state index is 0.107. The smallest absolute Gasteiger partial charge is 0.282 e. The summed E-state index contributed by atoms with van der Waals surface area (Å²) in [6.07, 6.45) is 0.962. The Morgan fingerprint density at radius 1 is 0.931 bits per heavy atom. The van der Waals surface area contributed by atoms with Crippen LogP contribution in [-0.4, -0.2) is 31.4 Å². The molecule has 0 aliphatic carbocycles. The average Bonchev–Trinajstić information content (AvgIpc) is 2.73. The first kappa shape index (κ1) is 20.6. The van der Waals surface area contributed by atoms with Gasteiger partial charge in [-0.1, -0.05) is 55.5 Å². The monoisotopic (exact) mass is 390 g/mol. The van der Waals surface area contributed by atoms with Gasteiger partial charge in [-0.15, -0.1) is 0 Å². The normalized spacial score (nSPS) is 12.9. The molecule has 29 heavy (non-hydrogen) atoms. The van der Waals surface area contributed by atoms with Gasteiger partial charge in [0.05, 0.1) is 7.05 Å². The molecule has 3 rings (SSSR count). The van der Waals surface area contributed by atoms with Crippen LogP contribution in [0.25, 0.3) is 10.8 Å². The maximum atomic E-state index is 12.6. The van der Waals surface area contributed by atoms with Crippen molar-refractivity contribution in [2.75, 3.05) is 24.2 Å². The molecule has 0 spiro atoms. The summed E-state index contributed by atoms with van der Waals surface area (Å²) in [7, 11) is 1.85. The van der Waals surface area contributed by atoms with Crippen LogP contribution >= 0.6 is 0 Å². The molecule has 0 aliphatic heterocycles. The van der Waals surface area contributed by atoms with Crippen LogP contribution in [0.2, 0.25) is 0 Å². The van der Waals surface area contributed by atoms with E-state index in [0.29, 0.717) is 0 Å². The highest BCUT2D eigenvalue weighted by Gasteiger charge is 2.24. The Kier molecular flexibility index (Phi) is 6.62. The molecule has 3 aromatic rings. The first-order valence-corrected chi connectivity index (χ1v) is 9.97. The lowest BCUT2D eigenvalue weighted by molar-refractivity contribution is -0.885. The van der Waals surface area contributed by atoms with E-state index in [4.69, 9.17) is 0 Å². The maximum absolute atomic E-state index is 12.6. The number of nitrogens with one attached hydrogen (secondary N) is 3. The van der Waals surface area contributed by atoms with Crippen LogP contribution in [0.5, 0.6) is 0 Å². The highest BCUT2D eigenvalue weighted by atomic mass is 16.2. The lowest BCUT2D eigenvalue weighted by atomic mass is 10.1. The highest BCUT2D eigenvalue weighted by molar-refractivity contribution is 6.02. The minimum Gasteiger partial charge on any atom is -0.321 e. The number of amides is 2. The Morgan fingerprint density at radius 2 is 1.62 bits per heavy atom. The summed E-state index contributed by atoms with van der Waals surface area (Å²) in [5, 5.41) is 7.99. The van der Waals surface area contributed by atoms with Gasteiger partial charge in [-0.2, -0.15) is 0 Å². The summed E-state index contributed by atoms with van der Waals surface area (Å²) < 4.78 is 0. The third-order valence-electron chi connectivity index (χ3n) is 5.27. The van der Waals surface area contributed by atoms with Crippen molar-refractivity contribution in [3.05, 3.63) is 72.3 Å². The fourth-order valence-electron chi connectivity index (χ4n) is 3.23. The fraction of sp³-hybridized carbons (Fsp3) is 0.250. The molecule has 0 heterocycles. The number of quaternary nitrogens is 1. The summed E-state index contributed by atoms with van der Waals surface area (Å²) in [5.41, 5.74) is 2.78. The molecule has 3 N–H and O–H groups in total. The van der Waals surface area contributed by atoms with Crippen LogP contribution in [0.3, 0.4) is 0 Å². The molecule has 0 aliphatic rings. The van der Waals surface area contributed by atoms with Crippen LogP contribution in [0.15, 0.2) is 66.7 Å². The zero-order valence-corrected chi connectivity index (χ0v) is 17.2. The van der Waals surface area contributed by atoms with Crippen LogP contribution in [0.1, 0.15) is 19.4 Å². The van der Waals surface area contributed by atoms with Crippen molar-refractivity contribution in [1.29, 1.82) is 0 Å². The number of rotatable bonds is 7. The van der Waals surface area contributed by atoms with Gasteiger partial charge in [0.25, 0.3) is 11.8 Å². The Labute approximate surface area is 171 Å². The van der Waals surface area contributed by atoms with Gasteiger partial charge in [0, 0.05) is 16.8 Å². The molecule has 150 valence electrons. The second kappa shape index (κ2) is 9.34. The Morgan fingerprint density at radius 3 is 2.34 bits per heavy atom. The minimum atomic E-state index is -0.362. The number of hydrogen-bond donors (Lipinski definition) is 3. The second-order valence-electron chi connectivity index (χ2n) is 7.36. The van der Waals surface area contributed by atoms with Crippen molar-refractivity contribution in [2.45, 2.75) is 26.3 Å². The molecular formula is C24H28N3O2+. The third-order valence-corrected chi connectivity index (χ3v) is 5.27. The van der Waals surface area contributed by atoms with Gasteiger partial charge in [0.2, 0.25) is 0 Å². The molecule has 3 aromatic carbocycles. The lowest BCUT2D eigenvalue weighted by Gasteiger charge is -2.21. The number of carbonyl (C=O) groups excluding carboxylic acids is 2. The Balaban J connectivity index is 1.58. The van der Waals surface area contributed by atoms with E-state index < -0.39 is 0 Å². The van der Waals surface area contributed by atoms with Crippen LogP contribution < -0.4 is 15.5 Å². The average molecular weight is 391 g/mol. The first-order chi connectivity index (χ1) is 14.0. The molecule has 2 amide bonds.